The van der Waals surface area contributed by atoms with Crippen molar-refractivity contribution in [2.75, 3.05) is 0 Å². The van der Waals surface area contributed by atoms with E-state index in [1.165, 1.54) is 0 Å². The third-order valence-corrected chi connectivity index (χ3v) is 1.87. The van der Waals surface area contributed by atoms with Gasteiger partial charge in [0.1, 0.15) is 6.04 Å². The van der Waals surface area contributed by atoms with Crippen molar-refractivity contribution in [3.63, 3.8) is 0 Å². The van der Waals surface area contributed by atoms with E-state index in [0.29, 0.717) is 5.92 Å². The molecule has 2 aliphatic rings. The summed E-state index contributed by atoms with van der Waals surface area (Å²) in [7, 11) is 0. The van der Waals surface area contributed by atoms with Gasteiger partial charge in [-0.25, -0.2) is 4.99 Å². The predicted molar refractivity (Wildman–Crippen MR) is 36.3 cm³/mol. The molecule has 4 nitrogen and oxygen atoms in total. The molecule has 1 fully saturated rings. The van der Waals surface area contributed by atoms with E-state index < -0.39 is 0 Å². The number of amides is 1. The topological polar surface area (TPSA) is 67.5 Å². The highest BCUT2D eigenvalue weighted by Gasteiger charge is 2.39. The minimum absolute atomic E-state index is 0.0278. The normalized spacial score (nSPS) is 31.8. The van der Waals surface area contributed by atoms with Gasteiger partial charge in [0.05, 0.1) is 0 Å². The molecule has 0 aromatic carbocycles. The number of guanidine groups is 1. The zero-order valence-corrected chi connectivity index (χ0v) is 5.50. The Morgan fingerprint density at radius 3 is 2.70 bits per heavy atom. The van der Waals surface area contributed by atoms with Crippen molar-refractivity contribution in [2.45, 2.75) is 18.9 Å². The van der Waals surface area contributed by atoms with Crippen molar-refractivity contribution in [1.29, 1.82) is 0 Å². The standard InChI is InChI=1S/C6H9N3O/c7-6-8-4(3-1-2-3)5(10)9-6/h3-4H,1-2H2,(H3,7,8,9,10). The first-order chi connectivity index (χ1) is 4.77. The number of carbonyl (C=O) groups excluding carboxylic acids is 1. The predicted octanol–water partition coefficient (Wildman–Crippen LogP) is -0.791. The van der Waals surface area contributed by atoms with Crippen LogP contribution in [0, 0.1) is 5.92 Å². The van der Waals surface area contributed by atoms with Gasteiger partial charge in [-0.1, -0.05) is 0 Å². The van der Waals surface area contributed by atoms with Crippen molar-refractivity contribution < 1.29 is 4.79 Å². The Hall–Kier alpha value is -1.06. The first-order valence-corrected chi connectivity index (χ1v) is 3.41. The molecule has 1 heterocycles. The molecule has 2 rings (SSSR count). The second-order valence-electron chi connectivity index (χ2n) is 2.79. The Morgan fingerprint density at radius 1 is 1.60 bits per heavy atom. The van der Waals surface area contributed by atoms with Crippen molar-refractivity contribution in [3.05, 3.63) is 0 Å². The van der Waals surface area contributed by atoms with Gasteiger partial charge in [-0.2, -0.15) is 0 Å². The van der Waals surface area contributed by atoms with Crippen LogP contribution in [0.4, 0.5) is 0 Å². The first-order valence-electron chi connectivity index (χ1n) is 3.41. The summed E-state index contributed by atoms with van der Waals surface area (Å²) in [6.45, 7) is 0. The fraction of sp³-hybridized carbons (Fsp3) is 0.667. The maximum absolute atomic E-state index is 11.0. The van der Waals surface area contributed by atoms with Gasteiger partial charge in [0, 0.05) is 0 Å². The number of nitrogens with zero attached hydrogens (tertiary/aromatic N) is 1. The fourth-order valence-electron chi connectivity index (χ4n) is 1.17. The summed E-state index contributed by atoms with van der Waals surface area (Å²) in [6, 6.07) is -0.167. The van der Waals surface area contributed by atoms with E-state index >= 15 is 0 Å². The Balaban J connectivity index is 2.13. The number of aliphatic imine (C=N–C) groups is 1. The highest BCUT2D eigenvalue weighted by Crippen LogP contribution is 2.35. The maximum atomic E-state index is 11.0. The summed E-state index contributed by atoms with van der Waals surface area (Å²) in [5.41, 5.74) is 5.30. The Morgan fingerprint density at radius 2 is 2.30 bits per heavy atom. The lowest BCUT2D eigenvalue weighted by molar-refractivity contribution is -0.120. The average molecular weight is 139 g/mol. The number of hydrogen-bond donors (Lipinski definition) is 2. The number of nitrogens with two attached hydrogens (primary N) is 1. The summed E-state index contributed by atoms with van der Waals surface area (Å²) in [5.74, 6) is 0.725. The molecular weight excluding hydrogens is 130 g/mol. The van der Waals surface area contributed by atoms with Gasteiger partial charge in [-0.05, 0) is 18.8 Å². The van der Waals surface area contributed by atoms with Crippen molar-refractivity contribution in [1.82, 2.24) is 5.32 Å². The molecule has 4 heteroatoms. The van der Waals surface area contributed by atoms with E-state index in [-0.39, 0.29) is 17.9 Å². The van der Waals surface area contributed by atoms with Gasteiger partial charge < -0.3 is 5.73 Å². The van der Waals surface area contributed by atoms with Crippen LogP contribution >= 0.6 is 0 Å². The zero-order chi connectivity index (χ0) is 7.14. The van der Waals surface area contributed by atoms with E-state index in [2.05, 4.69) is 10.3 Å². The van der Waals surface area contributed by atoms with E-state index in [4.69, 9.17) is 5.73 Å². The van der Waals surface area contributed by atoms with Crippen molar-refractivity contribution in [3.8, 4) is 0 Å². The monoisotopic (exact) mass is 139 g/mol. The lowest BCUT2D eigenvalue weighted by Gasteiger charge is -1.97. The van der Waals surface area contributed by atoms with Crippen molar-refractivity contribution >= 4 is 11.9 Å². The molecule has 0 bridgehead atoms. The van der Waals surface area contributed by atoms with Crippen LogP contribution in [0.25, 0.3) is 0 Å². The number of carbonyl (C=O) groups is 1. The molecule has 0 radical (unpaired) electrons. The lowest BCUT2D eigenvalue weighted by atomic mass is 10.2. The Bertz CT molecular complexity index is 207. The summed E-state index contributed by atoms with van der Waals surface area (Å²) < 4.78 is 0. The van der Waals surface area contributed by atoms with Crippen LogP contribution in [0.3, 0.4) is 0 Å². The number of hydrogen-bond acceptors (Lipinski definition) is 3. The molecule has 1 atom stereocenters. The summed E-state index contributed by atoms with van der Waals surface area (Å²) in [6.07, 6.45) is 2.24. The third kappa shape index (κ3) is 0.761. The number of rotatable bonds is 1. The van der Waals surface area contributed by atoms with Gasteiger partial charge >= 0.3 is 0 Å². The quantitative estimate of drug-likeness (QED) is 0.500. The number of nitrogens with one attached hydrogen (secondary N) is 1. The molecule has 0 saturated heterocycles. The first kappa shape index (κ1) is 5.70. The largest absolute Gasteiger partial charge is 0.370 e. The highest BCUT2D eigenvalue weighted by atomic mass is 16.2. The highest BCUT2D eigenvalue weighted by molar-refractivity contribution is 6.04. The Kier molecular flexibility index (Phi) is 0.977. The van der Waals surface area contributed by atoms with E-state index in [9.17, 15) is 4.79 Å². The van der Waals surface area contributed by atoms with Crippen LogP contribution in [-0.4, -0.2) is 17.9 Å². The molecule has 1 amide bonds. The van der Waals surface area contributed by atoms with Crippen LogP contribution in [0.2, 0.25) is 0 Å². The average Bonchev–Trinajstić information content (AvgIpc) is 2.61. The minimum atomic E-state index is -0.167. The van der Waals surface area contributed by atoms with Crippen LogP contribution in [0.1, 0.15) is 12.8 Å². The summed E-state index contributed by atoms with van der Waals surface area (Å²) in [5, 5.41) is 2.48. The van der Waals surface area contributed by atoms with Crippen LogP contribution in [0.15, 0.2) is 4.99 Å². The van der Waals surface area contributed by atoms with Gasteiger partial charge in [0.25, 0.3) is 5.91 Å². The second-order valence-corrected chi connectivity index (χ2v) is 2.79. The van der Waals surface area contributed by atoms with Crippen LogP contribution in [-0.2, 0) is 4.79 Å². The van der Waals surface area contributed by atoms with E-state index in [1.54, 1.807) is 0 Å². The molecule has 0 spiro atoms. The molecule has 10 heavy (non-hydrogen) atoms. The zero-order valence-electron chi connectivity index (χ0n) is 5.50. The van der Waals surface area contributed by atoms with E-state index in [0.717, 1.165) is 12.8 Å². The smallest absolute Gasteiger partial charge is 0.251 e. The second kappa shape index (κ2) is 1.71. The van der Waals surface area contributed by atoms with Gasteiger partial charge in [0.2, 0.25) is 0 Å². The van der Waals surface area contributed by atoms with Gasteiger partial charge in [-0.15, -0.1) is 0 Å². The minimum Gasteiger partial charge on any atom is -0.370 e. The molecule has 1 saturated carbocycles. The lowest BCUT2D eigenvalue weighted by Crippen LogP contribution is -2.33. The maximum Gasteiger partial charge on any atom is 0.251 e. The van der Waals surface area contributed by atoms with Gasteiger partial charge in [0.15, 0.2) is 5.96 Å². The molecule has 1 aliphatic carbocycles. The molecular formula is C6H9N3O. The third-order valence-electron chi connectivity index (χ3n) is 1.87. The van der Waals surface area contributed by atoms with Gasteiger partial charge in [-0.3, -0.25) is 10.1 Å². The van der Waals surface area contributed by atoms with Crippen LogP contribution < -0.4 is 11.1 Å². The Labute approximate surface area is 58.5 Å². The summed E-state index contributed by atoms with van der Waals surface area (Å²) >= 11 is 0. The molecule has 1 unspecified atom stereocenters. The van der Waals surface area contributed by atoms with Crippen molar-refractivity contribution in [2.24, 2.45) is 16.6 Å². The molecule has 0 aromatic heterocycles. The molecule has 54 valence electrons. The van der Waals surface area contributed by atoms with Crippen LogP contribution in [0.5, 0.6) is 0 Å². The van der Waals surface area contributed by atoms with E-state index in [1.807, 2.05) is 0 Å². The summed E-state index contributed by atoms with van der Waals surface area (Å²) in [4.78, 5) is 14.9. The molecule has 3 N–H and O–H groups in total. The molecule has 1 aliphatic heterocycles. The molecule has 0 aromatic rings. The fourth-order valence-corrected chi connectivity index (χ4v) is 1.17. The SMILES string of the molecule is NC1=NC(C2CC2)C(=O)N1.